The van der Waals surface area contributed by atoms with Gasteiger partial charge >= 0.3 is 0 Å². The maximum Gasteiger partial charge on any atom is 0.240 e. The van der Waals surface area contributed by atoms with Crippen molar-refractivity contribution >= 4 is 43.2 Å². The summed E-state index contributed by atoms with van der Waals surface area (Å²) in [7, 11) is -7.35. The third-order valence-corrected chi connectivity index (χ3v) is 10.0. The molecule has 0 bridgehead atoms. The van der Waals surface area contributed by atoms with Crippen LogP contribution in [0.3, 0.4) is 0 Å². The van der Waals surface area contributed by atoms with Crippen molar-refractivity contribution in [1.82, 2.24) is 9.44 Å². The SMILES string of the molecule is O=C(CCCCC(=O)Nc1ccc(S(=O)(=O)NCCc2ccccc2)cc1)Nc1ccc(S(=O)(=O)NCCc2ccccc2)cc1. The second-order valence-electron chi connectivity index (χ2n) is 10.6. The first kappa shape index (κ1) is 34.5. The molecule has 4 rings (SSSR count). The molecule has 0 unspecified atom stereocenters. The third kappa shape index (κ3) is 11.2. The lowest BCUT2D eigenvalue weighted by Crippen LogP contribution is -2.26. The van der Waals surface area contributed by atoms with Gasteiger partial charge in [0.25, 0.3) is 0 Å². The van der Waals surface area contributed by atoms with Gasteiger partial charge in [0.2, 0.25) is 31.9 Å². The highest BCUT2D eigenvalue weighted by Crippen LogP contribution is 2.17. The van der Waals surface area contributed by atoms with E-state index >= 15 is 0 Å². The molecule has 0 atom stereocenters. The molecule has 0 aromatic heterocycles. The van der Waals surface area contributed by atoms with Gasteiger partial charge in [-0.25, -0.2) is 26.3 Å². The van der Waals surface area contributed by atoms with Crippen molar-refractivity contribution in [3.63, 3.8) is 0 Å². The lowest BCUT2D eigenvalue weighted by atomic mass is 10.1. The molecule has 0 saturated heterocycles. The van der Waals surface area contributed by atoms with Crippen LogP contribution in [0.25, 0.3) is 0 Å². The second kappa shape index (κ2) is 16.8. The predicted octanol–water partition coefficient (Wildman–Crippen LogP) is 4.87. The van der Waals surface area contributed by atoms with E-state index in [1.165, 1.54) is 48.5 Å². The van der Waals surface area contributed by atoms with Crippen molar-refractivity contribution < 1.29 is 26.4 Å². The fraction of sp³-hybridized carbons (Fsp3) is 0.235. The van der Waals surface area contributed by atoms with Crippen LogP contribution >= 0.6 is 0 Å². The summed E-state index contributed by atoms with van der Waals surface area (Å²) in [5.41, 5.74) is 3.02. The van der Waals surface area contributed by atoms with Gasteiger partial charge in [0, 0.05) is 37.3 Å². The van der Waals surface area contributed by atoms with Gasteiger partial charge in [-0.15, -0.1) is 0 Å². The Morgan fingerprint density at radius 3 is 1.17 bits per heavy atom. The van der Waals surface area contributed by atoms with Crippen LogP contribution in [0.4, 0.5) is 11.4 Å². The van der Waals surface area contributed by atoms with Crippen LogP contribution in [0.2, 0.25) is 0 Å². The molecule has 0 heterocycles. The fourth-order valence-electron chi connectivity index (χ4n) is 4.57. The summed E-state index contributed by atoms with van der Waals surface area (Å²) in [6.07, 6.45) is 2.48. The fourth-order valence-corrected chi connectivity index (χ4v) is 6.63. The number of hydrogen-bond acceptors (Lipinski definition) is 6. The van der Waals surface area contributed by atoms with Gasteiger partial charge in [0.15, 0.2) is 0 Å². The van der Waals surface area contributed by atoms with Crippen LogP contribution in [0, 0.1) is 0 Å². The number of anilines is 2. The zero-order valence-corrected chi connectivity index (χ0v) is 26.9. The van der Waals surface area contributed by atoms with Crippen molar-refractivity contribution in [3.8, 4) is 0 Å². The lowest BCUT2D eigenvalue weighted by Gasteiger charge is -2.10. The van der Waals surface area contributed by atoms with Crippen molar-refractivity contribution in [1.29, 1.82) is 0 Å². The molecule has 2 amide bonds. The van der Waals surface area contributed by atoms with Gasteiger partial charge in [-0.3, -0.25) is 9.59 Å². The standard InChI is InChI=1S/C34H38N4O6S2/c39-33(37-29-15-19-31(20-16-29)45(41,42)35-25-23-27-9-3-1-4-10-27)13-7-8-14-34(40)38-30-17-21-32(22-18-30)46(43,44)36-26-24-28-11-5-2-6-12-28/h1-6,9-12,15-22,35-36H,7-8,13-14,23-26H2,(H,37,39)(H,38,40). The number of unbranched alkanes of at least 4 members (excludes halogenated alkanes) is 1. The van der Waals surface area contributed by atoms with E-state index in [1.54, 1.807) is 0 Å². The molecule has 0 aliphatic rings. The van der Waals surface area contributed by atoms with E-state index in [1.807, 2.05) is 60.7 Å². The van der Waals surface area contributed by atoms with Crippen LogP contribution < -0.4 is 20.1 Å². The van der Waals surface area contributed by atoms with Crippen LogP contribution in [0.1, 0.15) is 36.8 Å². The summed E-state index contributed by atoms with van der Waals surface area (Å²) in [5.74, 6) is -0.489. The van der Waals surface area contributed by atoms with Gasteiger partial charge < -0.3 is 10.6 Å². The number of amides is 2. The molecular weight excluding hydrogens is 625 g/mol. The van der Waals surface area contributed by atoms with Gasteiger partial charge in [0.1, 0.15) is 0 Å². The first-order valence-corrected chi connectivity index (χ1v) is 17.9. The molecule has 4 aromatic rings. The predicted molar refractivity (Wildman–Crippen MR) is 179 cm³/mol. The third-order valence-electron chi connectivity index (χ3n) is 7.05. The summed E-state index contributed by atoms with van der Waals surface area (Å²) in [6.45, 7) is 0.542. The van der Waals surface area contributed by atoms with Crippen LogP contribution in [0.5, 0.6) is 0 Å². The molecule has 242 valence electrons. The monoisotopic (exact) mass is 662 g/mol. The highest BCUT2D eigenvalue weighted by atomic mass is 32.2. The van der Waals surface area contributed by atoms with E-state index in [0.29, 0.717) is 37.1 Å². The maximum absolute atomic E-state index is 12.6. The summed E-state index contributed by atoms with van der Waals surface area (Å²) < 4.78 is 55.5. The molecule has 0 aliphatic carbocycles. The average Bonchev–Trinajstić information content (AvgIpc) is 3.04. The van der Waals surface area contributed by atoms with Gasteiger partial charge in [0.05, 0.1) is 9.79 Å². The van der Waals surface area contributed by atoms with E-state index in [9.17, 15) is 26.4 Å². The molecule has 10 nitrogen and oxygen atoms in total. The second-order valence-corrected chi connectivity index (χ2v) is 14.2. The molecule has 4 N–H and O–H groups in total. The normalized spacial score (nSPS) is 11.6. The Labute approximate surface area is 270 Å². The Balaban J connectivity index is 1.12. The molecule has 0 aliphatic heterocycles. The Bertz CT molecular complexity index is 1650. The quantitative estimate of drug-likeness (QED) is 0.119. The smallest absolute Gasteiger partial charge is 0.240 e. The largest absolute Gasteiger partial charge is 0.326 e. The Morgan fingerprint density at radius 1 is 0.478 bits per heavy atom. The van der Waals surface area contributed by atoms with E-state index in [2.05, 4.69) is 20.1 Å². The van der Waals surface area contributed by atoms with E-state index in [4.69, 9.17) is 0 Å². The number of carbonyl (C=O) groups excluding carboxylic acids is 2. The number of carbonyl (C=O) groups is 2. The molecule has 46 heavy (non-hydrogen) atoms. The van der Waals surface area contributed by atoms with E-state index in [0.717, 1.165) is 11.1 Å². The number of nitrogens with one attached hydrogen (secondary N) is 4. The highest BCUT2D eigenvalue weighted by Gasteiger charge is 2.15. The zero-order valence-electron chi connectivity index (χ0n) is 25.3. The Morgan fingerprint density at radius 2 is 0.826 bits per heavy atom. The van der Waals surface area contributed by atoms with Crippen LogP contribution in [-0.4, -0.2) is 41.7 Å². The topological polar surface area (TPSA) is 151 Å². The summed E-state index contributed by atoms with van der Waals surface area (Å²) in [4.78, 5) is 24.9. The van der Waals surface area contributed by atoms with Crippen molar-refractivity contribution in [3.05, 3.63) is 120 Å². The van der Waals surface area contributed by atoms with E-state index in [-0.39, 0.29) is 47.5 Å². The van der Waals surface area contributed by atoms with Crippen molar-refractivity contribution in [2.24, 2.45) is 0 Å². The Kier molecular flexibility index (Phi) is 12.6. The molecule has 0 radical (unpaired) electrons. The molecule has 0 saturated carbocycles. The minimum atomic E-state index is -3.68. The van der Waals surface area contributed by atoms with Gasteiger partial charge in [-0.2, -0.15) is 0 Å². The number of rotatable bonds is 17. The highest BCUT2D eigenvalue weighted by molar-refractivity contribution is 7.89. The summed E-state index contributed by atoms with van der Waals surface area (Å²) >= 11 is 0. The number of sulfonamides is 2. The van der Waals surface area contributed by atoms with Crippen LogP contribution in [-0.2, 0) is 42.5 Å². The summed E-state index contributed by atoms with van der Waals surface area (Å²) in [6, 6.07) is 31.1. The first-order chi connectivity index (χ1) is 22.1. The van der Waals surface area contributed by atoms with E-state index < -0.39 is 20.0 Å². The van der Waals surface area contributed by atoms with Crippen molar-refractivity contribution in [2.45, 2.75) is 48.3 Å². The minimum absolute atomic E-state index is 0.108. The zero-order chi connectivity index (χ0) is 32.8. The van der Waals surface area contributed by atoms with Gasteiger partial charge in [-0.05, 0) is 85.3 Å². The number of hydrogen-bond donors (Lipinski definition) is 4. The molecule has 4 aromatic carbocycles. The lowest BCUT2D eigenvalue weighted by molar-refractivity contribution is -0.118. The molecule has 12 heteroatoms. The van der Waals surface area contributed by atoms with Gasteiger partial charge in [-0.1, -0.05) is 60.7 Å². The first-order valence-electron chi connectivity index (χ1n) is 15.0. The Hall–Kier alpha value is -4.36. The van der Waals surface area contributed by atoms with Crippen molar-refractivity contribution in [2.75, 3.05) is 23.7 Å². The minimum Gasteiger partial charge on any atom is -0.326 e. The van der Waals surface area contributed by atoms with Crippen LogP contribution in [0.15, 0.2) is 119 Å². The molecule has 0 spiro atoms. The maximum atomic E-state index is 12.6. The number of benzene rings is 4. The molecule has 0 fully saturated rings. The summed E-state index contributed by atoms with van der Waals surface area (Å²) in [5, 5.41) is 5.49. The average molecular weight is 663 g/mol. The molecular formula is C34H38N4O6S2.